The third-order valence-corrected chi connectivity index (χ3v) is 4.56. The Labute approximate surface area is 184 Å². The summed E-state index contributed by atoms with van der Waals surface area (Å²) in [6.07, 6.45) is 5.64. The average molecular weight is 432 g/mol. The number of hydrogen-bond acceptors (Lipinski definition) is 3. The van der Waals surface area contributed by atoms with E-state index in [0.717, 1.165) is 5.57 Å². The number of benzene rings is 2. The molecule has 0 atom stereocenters. The fourth-order valence-corrected chi connectivity index (χ4v) is 3.01. The normalized spacial score (nSPS) is 12.2. The summed E-state index contributed by atoms with van der Waals surface area (Å²) < 4.78 is 5.16. The summed E-state index contributed by atoms with van der Waals surface area (Å²) in [7, 11) is 0. The summed E-state index contributed by atoms with van der Waals surface area (Å²) in [6, 6.07) is 13.8. The van der Waals surface area contributed by atoms with E-state index in [4.69, 9.17) is 21.9 Å². The molecule has 154 valence electrons. The molecule has 0 radical (unpaired) electrons. The van der Waals surface area contributed by atoms with E-state index in [1.54, 1.807) is 60.7 Å². The average Bonchev–Trinajstić information content (AvgIpc) is 2.79. The Bertz CT molecular complexity index is 1170. The van der Waals surface area contributed by atoms with E-state index in [-0.39, 0.29) is 18.9 Å². The van der Waals surface area contributed by atoms with Crippen molar-refractivity contribution in [3.63, 3.8) is 0 Å². The van der Waals surface area contributed by atoms with Crippen molar-refractivity contribution in [2.45, 2.75) is 12.8 Å². The lowest BCUT2D eigenvalue weighted by molar-refractivity contribution is -0.141. The topological polar surface area (TPSA) is 91.8 Å². The van der Waals surface area contributed by atoms with Gasteiger partial charge in [0.2, 0.25) is 0 Å². The van der Waals surface area contributed by atoms with Gasteiger partial charge in [0.05, 0.1) is 18.5 Å². The van der Waals surface area contributed by atoms with Crippen LogP contribution in [0.3, 0.4) is 0 Å². The van der Waals surface area contributed by atoms with Crippen LogP contribution in [0, 0.1) is 11.8 Å². The first-order valence-electron chi connectivity index (χ1n) is 9.42. The molecule has 2 aromatic carbocycles. The van der Waals surface area contributed by atoms with Gasteiger partial charge in [-0.1, -0.05) is 53.8 Å². The van der Waals surface area contributed by atoms with E-state index >= 15 is 0 Å². The van der Waals surface area contributed by atoms with Gasteiger partial charge in [0, 0.05) is 22.2 Å². The highest BCUT2D eigenvalue weighted by Crippen LogP contribution is 2.21. The molecule has 31 heavy (non-hydrogen) atoms. The third-order valence-electron chi connectivity index (χ3n) is 4.32. The van der Waals surface area contributed by atoms with Gasteiger partial charge < -0.3 is 15.6 Å². The van der Waals surface area contributed by atoms with Gasteiger partial charge in [0.15, 0.2) is 6.61 Å². The van der Waals surface area contributed by atoms with Gasteiger partial charge in [-0.05, 0) is 35.9 Å². The molecule has 3 rings (SSSR count). The van der Waals surface area contributed by atoms with E-state index in [2.05, 4.69) is 21.9 Å². The number of anilines is 1. The van der Waals surface area contributed by atoms with Gasteiger partial charge in [0.1, 0.15) is 0 Å². The zero-order chi connectivity index (χ0) is 22.1. The van der Waals surface area contributed by atoms with Crippen molar-refractivity contribution in [2.75, 3.05) is 11.9 Å². The van der Waals surface area contributed by atoms with Crippen molar-refractivity contribution in [1.29, 1.82) is 0 Å². The van der Waals surface area contributed by atoms with Crippen molar-refractivity contribution < 1.29 is 19.1 Å². The number of amides is 1. The van der Waals surface area contributed by atoms with Gasteiger partial charge in [-0.2, -0.15) is 4.79 Å². The van der Waals surface area contributed by atoms with Crippen LogP contribution in [-0.4, -0.2) is 29.0 Å². The molecule has 1 amide bonds. The van der Waals surface area contributed by atoms with Crippen LogP contribution in [0.25, 0.3) is 5.53 Å². The highest BCUT2D eigenvalue weighted by atomic mass is 35.5. The second kappa shape index (κ2) is 10.7. The first-order chi connectivity index (χ1) is 15.0. The molecule has 0 unspecified atom stereocenters. The Morgan fingerprint density at radius 1 is 1.19 bits per heavy atom. The monoisotopic (exact) mass is 431 g/mol. The van der Waals surface area contributed by atoms with Gasteiger partial charge in [-0.3, -0.25) is 9.59 Å². The number of nitrogens with one attached hydrogen (secondary N) is 1. The molecule has 0 heterocycles. The predicted molar refractivity (Wildman–Crippen MR) is 119 cm³/mol. The summed E-state index contributed by atoms with van der Waals surface area (Å²) in [5.41, 5.74) is 11.6. The van der Waals surface area contributed by atoms with Crippen LogP contribution in [0.1, 0.15) is 28.8 Å². The number of carbonyl (C=O) groups excluding carboxylic acids is 2. The second-order valence-corrected chi connectivity index (χ2v) is 7.04. The van der Waals surface area contributed by atoms with Gasteiger partial charge >= 0.3 is 5.97 Å². The zero-order valence-electron chi connectivity index (χ0n) is 16.5. The highest BCUT2D eigenvalue weighted by molar-refractivity contribution is 6.30. The molecule has 1 N–H and O–H groups in total. The van der Waals surface area contributed by atoms with E-state index < -0.39 is 5.97 Å². The Morgan fingerprint density at radius 2 is 2.00 bits per heavy atom. The molecule has 7 heteroatoms. The summed E-state index contributed by atoms with van der Waals surface area (Å²) in [6.45, 7) is -0.110. The number of nitrogens with zero attached hydrogens (tertiary/aromatic N) is 2. The minimum absolute atomic E-state index is 0.0839. The number of esters is 1. The molecular weight excluding hydrogens is 414 g/mol. The molecule has 2 aromatic rings. The van der Waals surface area contributed by atoms with E-state index in [1.165, 1.54) is 0 Å². The maximum Gasteiger partial charge on any atom is 0.310 e. The quantitative estimate of drug-likeness (QED) is 0.328. The number of carbonyl (C=O) groups is 2. The van der Waals surface area contributed by atoms with Crippen LogP contribution in [0.4, 0.5) is 5.69 Å². The van der Waals surface area contributed by atoms with Crippen LogP contribution in [-0.2, 0) is 9.53 Å². The maximum atomic E-state index is 12.4. The van der Waals surface area contributed by atoms with Crippen molar-refractivity contribution in [3.05, 3.63) is 94.0 Å². The van der Waals surface area contributed by atoms with Crippen molar-refractivity contribution in [2.24, 2.45) is 0 Å². The van der Waals surface area contributed by atoms with E-state index in [1.807, 2.05) is 6.07 Å². The second-order valence-electron chi connectivity index (χ2n) is 6.60. The Hall–Kier alpha value is -3.91. The third kappa shape index (κ3) is 6.55. The summed E-state index contributed by atoms with van der Waals surface area (Å²) in [5, 5.41) is 3.28. The Kier molecular flexibility index (Phi) is 7.56. The fraction of sp³-hybridized carbons (Fsp3) is 0.125. The molecule has 0 saturated carbocycles. The summed E-state index contributed by atoms with van der Waals surface area (Å²) in [4.78, 5) is 27.6. The lowest BCUT2D eigenvalue weighted by Crippen LogP contribution is -2.12. The number of rotatable bonds is 5. The zero-order valence-corrected chi connectivity index (χ0v) is 17.2. The molecule has 0 bridgehead atoms. The molecule has 1 aliphatic carbocycles. The van der Waals surface area contributed by atoms with Crippen LogP contribution >= 0.6 is 11.6 Å². The van der Waals surface area contributed by atoms with E-state index in [0.29, 0.717) is 34.0 Å². The molecular formula is C24H18ClN3O3. The first-order valence-corrected chi connectivity index (χ1v) is 9.80. The lowest BCUT2D eigenvalue weighted by Gasteiger charge is -2.08. The maximum absolute atomic E-state index is 12.4. The number of allylic oxidation sites excluding steroid dienone is 3. The SMILES string of the molecule is [N-]=[N+]=C1C=CC=C(CC(=O)OCC#Cc2cc(Cl)ccc2NC(=O)c2ccccc2)C1. The molecule has 0 aliphatic heterocycles. The molecule has 1 aliphatic rings. The lowest BCUT2D eigenvalue weighted by atomic mass is 10.0. The first kappa shape index (κ1) is 21.8. The van der Waals surface area contributed by atoms with Crippen LogP contribution in [0.15, 0.2) is 72.3 Å². The minimum Gasteiger partial charge on any atom is -0.452 e. The number of halogens is 1. The van der Waals surface area contributed by atoms with E-state index in [9.17, 15) is 9.59 Å². The molecule has 6 nitrogen and oxygen atoms in total. The minimum atomic E-state index is -0.433. The molecule has 0 spiro atoms. The molecule has 0 fully saturated rings. The smallest absolute Gasteiger partial charge is 0.310 e. The van der Waals surface area contributed by atoms with Crippen LogP contribution < -0.4 is 5.32 Å². The largest absolute Gasteiger partial charge is 0.452 e. The van der Waals surface area contributed by atoms with Gasteiger partial charge in [-0.25, -0.2) is 0 Å². The van der Waals surface area contributed by atoms with Crippen molar-refractivity contribution >= 4 is 34.9 Å². The van der Waals surface area contributed by atoms with Gasteiger partial charge in [0.25, 0.3) is 11.6 Å². The standard InChI is InChI=1S/C24H18ClN3O3/c25-20-11-12-22(27-24(30)18-7-2-1-3-8-18)19(16-20)9-5-13-31-23(29)15-17-6-4-10-21(14-17)28-26/h1-4,6-8,10-12,16H,13-15H2,(H,27,30). The Balaban J connectivity index is 1.60. The molecule has 0 saturated heterocycles. The summed E-state index contributed by atoms with van der Waals surface area (Å²) in [5.74, 6) is 4.95. The van der Waals surface area contributed by atoms with Crippen molar-refractivity contribution in [3.8, 4) is 11.8 Å². The van der Waals surface area contributed by atoms with Crippen LogP contribution in [0.5, 0.6) is 0 Å². The number of ether oxygens (including phenoxy) is 1. The predicted octanol–water partition coefficient (Wildman–Crippen LogP) is 4.43. The van der Waals surface area contributed by atoms with Gasteiger partial charge in [-0.15, -0.1) is 0 Å². The van der Waals surface area contributed by atoms with Crippen molar-refractivity contribution in [1.82, 2.24) is 0 Å². The van der Waals surface area contributed by atoms with Crippen LogP contribution in [0.2, 0.25) is 5.02 Å². The Morgan fingerprint density at radius 3 is 2.77 bits per heavy atom. The molecule has 0 aromatic heterocycles. The summed E-state index contributed by atoms with van der Waals surface area (Å²) >= 11 is 6.06. The number of hydrogen-bond donors (Lipinski definition) is 1. The fourth-order valence-electron chi connectivity index (χ4n) is 2.83. The highest BCUT2D eigenvalue weighted by Gasteiger charge is 2.15.